The van der Waals surface area contributed by atoms with Gasteiger partial charge in [0.2, 0.25) is 11.8 Å². The highest BCUT2D eigenvalue weighted by molar-refractivity contribution is 7.99. The topological polar surface area (TPSA) is 82.8 Å². The minimum Gasteiger partial charge on any atom is -0.474 e. The zero-order valence-electron chi connectivity index (χ0n) is 12.6. The standard InChI is InChI=1S/C16H14F3NO4S/c17-9-3-8(7-1-2-12(18)20-5-7)4-11(13(9)19)24-16-15(23)14(22)10(21)6-25-16/h1-5,10,14-16,21-23H,6H2/t10-,14+,15-,16-/m1/s1. The molecule has 1 saturated heterocycles. The molecule has 1 aromatic carbocycles. The van der Waals surface area contributed by atoms with Gasteiger partial charge in [-0.15, -0.1) is 11.8 Å². The molecule has 1 aromatic heterocycles. The summed E-state index contributed by atoms with van der Waals surface area (Å²) in [5.41, 5.74) is -0.538. The lowest BCUT2D eigenvalue weighted by Crippen LogP contribution is -2.50. The number of ether oxygens (including phenoxy) is 1. The van der Waals surface area contributed by atoms with E-state index in [9.17, 15) is 28.5 Å². The highest BCUT2D eigenvalue weighted by atomic mass is 32.2. The van der Waals surface area contributed by atoms with Gasteiger partial charge in [0, 0.05) is 17.5 Å². The van der Waals surface area contributed by atoms with E-state index in [1.54, 1.807) is 0 Å². The monoisotopic (exact) mass is 373 g/mol. The molecule has 134 valence electrons. The molecule has 2 aromatic rings. The van der Waals surface area contributed by atoms with Gasteiger partial charge in [0.25, 0.3) is 0 Å². The number of thioether (sulfide) groups is 1. The Morgan fingerprint density at radius 3 is 2.48 bits per heavy atom. The first-order chi connectivity index (χ1) is 11.9. The predicted molar refractivity (Wildman–Crippen MR) is 84.4 cm³/mol. The molecule has 0 spiro atoms. The van der Waals surface area contributed by atoms with Gasteiger partial charge in [-0.05, 0) is 29.8 Å². The Labute approximate surface area is 145 Å². The van der Waals surface area contributed by atoms with Crippen LogP contribution in [0, 0.1) is 17.6 Å². The summed E-state index contributed by atoms with van der Waals surface area (Å²) in [6, 6.07) is 4.54. The van der Waals surface area contributed by atoms with Gasteiger partial charge in [-0.3, -0.25) is 0 Å². The van der Waals surface area contributed by atoms with Crippen molar-refractivity contribution in [3.8, 4) is 16.9 Å². The van der Waals surface area contributed by atoms with Crippen LogP contribution in [0.3, 0.4) is 0 Å². The number of benzene rings is 1. The summed E-state index contributed by atoms with van der Waals surface area (Å²) < 4.78 is 46.1. The maximum Gasteiger partial charge on any atom is 0.212 e. The average molecular weight is 373 g/mol. The molecule has 0 amide bonds. The van der Waals surface area contributed by atoms with E-state index in [-0.39, 0.29) is 11.3 Å². The summed E-state index contributed by atoms with van der Waals surface area (Å²) in [7, 11) is 0. The Morgan fingerprint density at radius 2 is 1.80 bits per heavy atom. The van der Waals surface area contributed by atoms with Gasteiger partial charge < -0.3 is 20.1 Å². The molecule has 0 radical (unpaired) electrons. The largest absolute Gasteiger partial charge is 0.474 e. The molecule has 0 saturated carbocycles. The normalized spacial score (nSPS) is 26.5. The Morgan fingerprint density at radius 1 is 1.04 bits per heavy atom. The number of rotatable bonds is 3. The van der Waals surface area contributed by atoms with Gasteiger partial charge in [-0.25, -0.2) is 9.37 Å². The van der Waals surface area contributed by atoms with Crippen molar-refractivity contribution in [3.63, 3.8) is 0 Å². The Kier molecular flexibility index (Phi) is 5.19. The van der Waals surface area contributed by atoms with Crippen LogP contribution in [0.25, 0.3) is 11.1 Å². The van der Waals surface area contributed by atoms with E-state index in [4.69, 9.17) is 4.74 Å². The number of aromatic nitrogens is 1. The fourth-order valence-electron chi connectivity index (χ4n) is 2.37. The molecule has 3 N–H and O–H groups in total. The predicted octanol–water partition coefficient (Wildman–Crippen LogP) is 1.70. The van der Waals surface area contributed by atoms with Crippen LogP contribution in [0.5, 0.6) is 5.75 Å². The summed E-state index contributed by atoms with van der Waals surface area (Å²) >= 11 is 0.963. The molecule has 4 atom stereocenters. The minimum absolute atomic E-state index is 0.0641. The van der Waals surface area contributed by atoms with E-state index in [0.29, 0.717) is 5.56 Å². The second-order valence-electron chi connectivity index (χ2n) is 5.51. The lowest BCUT2D eigenvalue weighted by Gasteiger charge is -2.34. The van der Waals surface area contributed by atoms with Crippen LogP contribution in [0.2, 0.25) is 0 Å². The molecular formula is C16H14F3NO4S. The summed E-state index contributed by atoms with van der Waals surface area (Å²) in [6.45, 7) is 0. The van der Waals surface area contributed by atoms with Crippen molar-refractivity contribution in [1.29, 1.82) is 0 Å². The zero-order chi connectivity index (χ0) is 18.1. The molecular weight excluding hydrogens is 359 g/mol. The van der Waals surface area contributed by atoms with Crippen molar-refractivity contribution >= 4 is 11.8 Å². The van der Waals surface area contributed by atoms with E-state index in [1.165, 1.54) is 12.1 Å². The minimum atomic E-state index is -1.48. The second-order valence-corrected chi connectivity index (χ2v) is 6.64. The SMILES string of the molecule is O[C@@H]1[C@@H](O)[C@H](Oc2cc(-c3ccc(F)nc3)cc(F)c2F)SC[C@H]1O. The van der Waals surface area contributed by atoms with Gasteiger partial charge in [-0.2, -0.15) is 8.78 Å². The molecule has 1 aliphatic heterocycles. The number of pyridine rings is 1. The third-order valence-corrected chi connectivity index (χ3v) is 4.99. The van der Waals surface area contributed by atoms with Crippen molar-refractivity contribution in [1.82, 2.24) is 4.98 Å². The lowest BCUT2D eigenvalue weighted by atomic mass is 10.1. The van der Waals surface area contributed by atoms with Crippen LogP contribution >= 0.6 is 11.8 Å². The Balaban J connectivity index is 1.89. The molecule has 25 heavy (non-hydrogen) atoms. The van der Waals surface area contributed by atoms with Crippen molar-refractivity contribution in [3.05, 3.63) is 48.0 Å². The van der Waals surface area contributed by atoms with E-state index in [0.717, 1.165) is 30.1 Å². The fraction of sp³-hybridized carbons (Fsp3) is 0.312. The fourth-order valence-corrected chi connectivity index (χ4v) is 3.48. The first-order valence-corrected chi connectivity index (χ1v) is 8.35. The average Bonchev–Trinajstić information content (AvgIpc) is 2.59. The smallest absolute Gasteiger partial charge is 0.212 e. The van der Waals surface area contributed by atoms with Crippen LogP contribution in [0.15, 0.2) is 30.5 Å². The summed E-state index contributed by atoms with van der Waals surface area (Å²) in [5, 5.41) is 29.1. The highest BCUT2D eigenvalue weighted by Crippen LogP contribution is 2.33. The Hall–Kier alpha value is -1.81. The molecule has 9 heteroatoms. The van der Waals surface area contributed by atoms with Crippen LogP contribution in [0.1, 0.15) is 0 Å². The van der Waals surface area contributed by atoms with Crippen molar-refractivity contribution in [2.24, 2.45) is 0 Å². The van der Waals surface area contributed by atoms with Gasteiger partial charge in [0.15, 0.2) is 17.0 Å². The maximum absolute atomic E-state index is 14.0. The van der Waals surface area contributed by atoms with E-state index in [2.05, 4.69) is 4.98 Å². The molecule has 1 aliphatic rings. The molecule has 0 unspecified atom stereocenters. The molecule has 3 rings (SSSR count). The number of hydrogen-bond donors (Lipinski definition) is 3. The summed E-state index contributed by atoms with van der Waals surface area (Å²) in [6.07, 6.45) is -2.91. The van der Waals surface area contributed by atoms with E-state index in [1.807, 2.05) is 0 Å². The van der Waals surface area contributed by atoms with Crippen LogP contribution < -0.4 is 4.74 Å². The first-order valence-electron chi connectivity index (χ1n) is 7.30. The van der Waals surface area contributed by atoms with Gasteiger partial charge in [0.1, 0.15) is 12.2 Å². The van der Waals surface area contributed by atoms with Gasteiger partial charge in [0.05, 0.1) is 6.10 Å². The van der Waals surface area contributed by atoms with Gasteiger partial charge in [-0.1, -0.05) is 0 Å². The molecule has 2 heterocycles. The van der Waals surface area contributed by atoms with Crippen LogP contribution in [-0.4, -0.2) is 49.8 Å². The van der Waals surface area contributed by atoms with Crippen LogP contribution in [0.4, 0.5) is 13.2 Å². The van der Waals surface area contributed by atoms with Crippen molar-refractivity contribution < 1.29 is 33.2 Å². The Bertz CT molecular complexity index is 762. The quantitative estimate of drug-likeness (QED) is 0.711. The number of nitrogens with zero attached hydrogens (tertiary/aromatic N) is 1. The highest BCUT2D eigenvalue weighted by Gasteiger charge is 2.39. The van der Waals surface area contributed by atoms with Crippen LogP contribution in [-0.2, 0) is 0 Å². The van der Waals surface area contributed by atoms with Crippen molar-refractivity contribution in [2.75, 3.05) is 5.75 Å². The number of halogens is 3. The van der Waals surface area contributed by atoms with Crippen molar-refractivity contribution in [2.45, 2.75) is 23.7 Å². The zero-order valence-corrected chi connectivity index (χ0v) is 13.5. The third-order valence-electron chi connectivity index (χ3n) is 3.75. The van der Waals surface area contributed by atoms with E-state index >= 15 is 0 Å². The van der Waals surface area contributed by atoms with E-state index < -0.39 is 47.1 Å². The summed E-state index contributed by atoms with van der Waals surface area (Å²) in [5.74, 6) is -3.56. The third kappa shape index (κ3) is 3.74. The number of hydrogen-bond acceptors (Lipinski definition) is 6. The molecule has 5 nitrogen and oxygen atoms in total. The molecule has 0 aliphatic carbocycles. The summed E-state index contributed by atoms with van der Waals surface area (Å²) in [4.78, 5) is 3.45. The lowest BCUT2D eigenvalue weighted by molar-refractivity contribution is -0.0790. The number of aliphatic hydroxyl groups excluding tert-OH is 3. The molecule has 0 bridgehead atoms. The van der Waals surface area contributed by atoms with Gasteiger partial charge >= 0.3 is 0 Å². The molecule has 1 fully saturated rings. The first kappa shape index (κ1) is 18.0. The maximum atomic E-state index is 14.0. The number of aliphatic hydroxyl groups is 3. The second kappa shape index (κ2) is 7.20.